The van der Waals surface area contributed by atoms with Crippen molar-refractivity contribution in [2.75, 3.05) is 0 Å². The molecule has 3 heterocycles. The molecule has 0 unspecified atom stereocenters. The van der Waals surface area contributed by atoms with E-state index in [-0.39, 0.29) is 5.41 Å². The van der Waals surface area contributed by atoms with Gasteiger partial charge in [-0.2, -0.15) is 0 Å². The topological polar surface area (TPSA) is 57.0 Å². The van der Waals surface area contributed by atoms with Gasteiger partial charge in [0.15, 0.2) is 11.2 Å². The summed E-state index contributed by atoms with van der Waals surface area (Å²) in [4.78, 5) is 9.57. The first-order valence-corrected chi connectivity index (χ1v) is 15.9. The van der Waals surface area contributed by atoms with Crippen LogP contribution in [0.4, 0.5) is 0 Å². The minimum atomic E-state index is 0.125. The predicted octanol–water partition coefficient (Wildman–Crippen LogP) is 11.4. The number of aromatic nitrogens is 3. The molecule has 0 aliphatic carbocycles. The molecule has 0 aliphatic rings. The van der Waals surface area contributed by atoms with Crippen LogP contribution in [0.25, 0.3) is 83.7 Å². The Hall–Kier alpha value is -5.94. The van der Waals surface area contributed by atoms with Crippen molar-refractivity contribution in [3.05, 3.63) is 139 Å². The highest BCUT2D eigenvalue weighted by Crippen LogP contribution is 2.38. The Morgan fingerprint density at radius 1 is 0.489 bits per heavy atom. The highest BCUT2D eigenvalue weighted by molar-refractivity contribution is 6.11. The van der Waals surface area contributed by atoms with Crippen LogP contribution in [-0.2, 0) is 5.41 Å². The number of fused-ring (bicyclic) bond motifs is 5. The summed E-state index contributed by atoms with van der Waals surface area (Å²) < 4.78 is 14.7. The lowest BCUT2D eigenvalue weighted by molar-refractivity contribution is 0.590. The van der Waals surface area contributed by atoms with E-state index in [2.05, 4.69) is 110 Å². The van der Waals surface area contributed by atoms with Crippen LogP contribution >= 0.6 is 0 Å². The molecule has 5 nitrogen and oxygen atoms in total. The van der Waals surface area contributed by atoms with E-state index >= 15 is 0 Å². The second-order valence-electron chi connectivity index (χ2n) is 13.1. The van der Waals surface area contributed by atoms with Crippen molar-refractivity contribution >= 4 is 44.0 Å². The minimum absolute atomic E-state index is 0.125. The summed E-state index contributed by atoms with van der Waals surface area (Å²) >= 11 is 0. The summed E-state index contributed by atoms with van der Waals surface area (Å²) in [6.45, 7) is 6.73. The van der Waals surface area contributed by atoms with Gasteiger partial charge in [-0.3, -0.25) is 0 Å². The normalized spacial score (nSPS) is 12.1. The molecule has 0 amide bonds. The van der Waals surface area contributed by atoms with Gasteiger partial charge in [0.2, 0.25) is 11.8 Å². The quantitative estimate of drug-likeness (QED) is 0.199. The van der Waals surface area contributed by atoms with Crippen molar-refractivity contribution in [2.45, 2.75) is 26.2 Å². The lowest BCUT2D eigenvalue weighted by atomic mass is 9.86. The molecule has 6 aromatic carbocycles. The molecule has 0 saturated carbocycles. The minimum Gasteiger partial charge on any atom is -0.436 e. The van der Waals surface area contributed by atoms with Crippen LogP contribution < -0.4 is 0 Å². The van der Waals surface area contributed by atoms with E-state index in [4.69, 9.17) is 18.8 Å². The number of hydrogen-bond acceptors (Lipinski definition) is 4. The summed E-state index contributed by atoms with van der Waals surface area (Å²) in [5.74, 6) is 1.21. The molecule has 9 rings (SSSR count). The lowest BCUT2D eigenvalue weighted by Gasteiger charge is -2.19. The molecule has 0 aliphatic heterocycles. The van der Waals surface area contributed by atoms with Crippen LogP contribution in [-0.4, -0.2) is 14.5 Å². The molecule has 0 saturated heterocycles. The van der Waals surface area contributed by atoms with Gasteiger partial charge in [0, 0.05) is 27.6 Å². The van der Waals surface area contributed by atoms with Crippen LogP contribution in [0, 0.1) is 0 Å². The lowest BCUT2D eigenvalue weighted by Crippen LogP contribution is -2.10. The Balaban J connectivity index is 1.20. The van der Waals surface area contributed by atoms with Crippen LogP contribution in [0.1, 0.15) is 26.3 Å². The standard InChI is InChI=1S/C42H31N3O2/c1-42(2,3)30-18-12-26(13-19-30)27-14-20-31(21-15-27)45-36-22-16-28(40-43-34-8-4-6-10-38(34)46-40)24-32(36)33-25-29(17-23-37(33)45)41-44-35-9-5-7-11-39(35)47-41/h4-25H,1-3H3. The number of rotatable bonds is 4. The first-order chi connectivity index (χ1) is 22.9. The molecule has 0 spiro atoms. The van der Waals surface area contributed by atoms with E-state index in [9.17, 15) is 0 Å². The third-order valence-electron chi connectivity index (χ3n) is 9.06. The van der Waals surface area contributed by atoms with Crippen molar-refractivity contribution in [3.63, 3.8) is 0 Å². The zero-order valence-electron chi connectivity index (χ0n) is 26.4. The van der Waals surface area contributed by atoms with E-state index in [0.717, 1.165) is 60.8 Å². The van der Waals surface area contributed by atoms with Crippen molar-refractivity contribution in [1.82, 2.24) is 14.5 Å². The van der Waals surface area contributed by atoms with Gasteiger partial charge in [-0.05, 0) is 94.9 Å². The number of benzene rings is 6. The number of oxazole rings is 2. The summed E-state index contributed by atoms with van der Waals surface area (Å²) in [5.41, 5.74) is 12.2. The third-order valence-corrected chi connectivity index (χ3v) is 9.06. The smallest absolute Gasteiger partial charge is 0.227 e. The number of hydrogen-bond donors (Lipinski definition) is 0. The van der Waals surface area contributed by atoms with Gasteiger partial charge in [0.05, 0.1) is 11.0 Å². The fraction of sp³-hybridized carbons (Fsp3) is 0.0952. The molecule has 0 fully saturated rings. The molecule has 47 heavy (non-hydrogen) atoms. The Morgan fingerprint density at radius 3 is 1.40 bits per heavy atom. The summed E-state index contributed by atoms with van der Waals surface area (Å²) in [6, 6.07) is 46.3. The average Bonchev–Trinajstić information content (AvgIpc) is 3.81. The van der Waals surface area contributed by atoms with Crippen LogP contribution in [0.3, 0.4) is 0 Å². The summed E-state index contributed by atoms with van der Waals surface area (Å²) in [7, 11) is 0. The third kappa shape index (κ3) is 4.62. The highest BCUT2D eigenvalue weighted by atomic mass is 16.4. The molecule has 0 bridgehead atoms. The molecule has 3 aromatic heterocycles. The molecule has 0 atom stereocenters. The van der Waals surface area contributed by atoms with Gasteiger partial charge in [-0.25, -0.2) is 9.97 Å². The Bertz CT molecular complexity index is 2400. The monoisotopic (exact) mass is 609 g/mol. The predicted molar refractivity (Wildman–Crippen MR) is 191 cm³/mol. The van der Waals surface area contributed by atoms with E-state index < -0.39 is 0 Å². The number of para-hydroxylation sites is 4. The van der Waals surface area contributed by atoms with E-state index in [1.54, 1.807) is 0 Å². The largest absolute Gasteiger partial charge is 0.436 e. The van der Waals surface area contributed by atoms with E-state index in [1.165, 1.54) is 16.7 Å². The molecular formula is C42H31N3O2. The zero-order chi connectivity index (χ0) is 31.7. The highest BCUT2D eigenvalue weighted by Gasteiger charge is 2.18. The summed E-state index contributed by atoms with van der Waals surface area (Å²) in [5, 5.41) is 2.19. The Morgan fingerprint density at radius 2 is 0.936 bits per heavy atom. The molecule has 9 aromatic rings. The van der Waals surface area contributed by atoms with Crippen LogP contribution in [0.2, 0.25) is 0 Å². The first-order valence-electron chi connectivity index (χ1n) is 15.9. The number of nitrogens with zero attached hydrogens (tertiary/aromatic N) is 3. The second-order valence-corrected chi connectivity index (χ2v) is 13.1. The van der Waals surface area contributed by atoms with E-state index in [1.807, 2.05) is 48.5 Å². The Kier molecular flexibility index (Phi) is 6.00. The fourth-order valence-corrected chi connectivity index (χ4v) is 6.52. The Labute approximate surface area is 271 Å². The molecular weight excluding hydrogens is 578 g/mol. The van der Waals surface area contributed by atoms with E-state index in [0.29, 0.717) is 11.8 Å². The van der Waals surface area contributed by atoms with Crippen molar-refractivity contribution in [2.24, 2.45) is 0 Å². The molecule has 226 valence electrons. The SMILES string of the molecule is CC(C)(C)c1ccc(-c2ccc(-n3c4ccc(-c5nc6ccccc6o5)cc4c4cc(-c5nc6ccccc6o5)ccc43)cc2)cc1. The zero-order valence-corrected chi connectivity index (χ0v) is 26.4. The van der Waals surface area contributed by atoms with Gasteiger partial charge in [-0.15, -0.1) is 0 Å². The summed E-state index contributed by atoms with van der Waals surface area (Å²) in [6.07, 6.45) is 0. The van der Waals surface area contributed by atoms with Crippen molar-refractivity contribution in [1.29, 1.82) is 0 Å². The maximum absolute atomic E-state index is 6.17. The van der Waals surface area contributed by atoms with Gasteiger partial charge in [-0.1, -0.05) is 81.4 Å². The van der Waals surface area contributed by atoms with Gasteiger partial charge in [0.25, 0.3) is 0 Å². The molecule has 5 heteroatoms. The van der Waals surface area contributed by atoms with Gasteiger partial charge < -0.3 is 13.4 Å². The second kappa shape index (κ2) is 10.3. The van der Waals surface area contributed by atoms with Crippen LogP contribution in [0.15, 0.2) is 142 Å². The van der Waals surface area contributed by atoms with Crippen molar-refractivity contribution in [3.8, 4) is 39.7 Å². The fourth-order valence-electron chi connectivity index (χ4n) is 6.52. The average molecular weight is 610 g/mol. The molecule has 0 N–H and O–H groups in total. The first kappa shape index (κ1) is 27.4. The van der Waals surface area contributed by atoms with Crippen LogP contribution in [0.5, 0.6) is 0 Å². The van der Waals surface area contributed by atoms with Crippen molar-refractivity contribution < 1.29 is 8.83 Å². The molecule has 0 radical (unpaired) electrons. The maximum Gasteiger partial charge on any atom is 0.227 e. The van der Waals surface area contributed by atoms with Gasteiger partial charge in [0.1, 0.15) is 11.0 Å². The van der Waals surface area contributed by atoms with Gasteiger partial charge >= 0.3 is 0 Å². The maximum atomic E-state index is 6.17.